The average molecular weight is 325 g/mol. The molecule has 5 nitrogen and oxygen atoms in total. The van der Waals surface area contributed by atoms with Gasteiger partial charge in [0.05, 0.1) is 0 Å². The number of anilines is 2. The van der Waals surface area contributed by atoms with Gasteiger partial charge in [0, 0.05) is 37.4 Å². The van der Waals surface area contributed by atoms with Crippen LogP contribution in [0.4, 0.5) is 16.2 Å². The lowest BCUT2D eigenvalue weighted by molar-refractivity contribution is -0.117. The molecule has 2 heterocycles. The Hall–Kier alpha value is -2.30. The molecule has 4 rings (SSSR count). The SMILES string of the molecule is O=C(Nc1ccc(N2CCCC2=O)cc1)N1C[C@@H]2CC=CC[C@H]2C1. The molecule has 1 aromatic carbocycles. The molecule has 2 atom stereocenters. The molecule has 0 unspecified atom stereocenters. The highest BCUT2D eigenvalue weighted by atomic mass is 16.2. The van der Waals surface area contributed by atoms with E-state index in [4.69, 9.17) is 0 Å². The molecule has 2 aliphatic heterocycles. The van der Waals surface area contributed by atoms with Crippen LogP contribution in [0.3, 0.4) is 0 Å². The molecule has 2 fully saturated rings. The zero-order valence-corrected chi connectivity index (χ0v) is 13.8. The van der Waals surface area contributed by atoms with Crippen molar-refractivity contribution in [1.82, 2.24) is 4.90 Å². The minimum Gasteiger partial charge on any atom is -0.324 e. The second-order valence-electron chi connectivity index (χ2n) is 6.99. The van der Waals surface area contributed by atoms with Crippen molar-refractivity contribution in [2.24, 2.45) is 11.8 Å². The van der Waals surface area contributed by atoms with Crippen molar-refractivity contribution in [3.8, 4) is 0 Å². The van der Waals surface area contributed by atoms with Crippen molar-refractivity contribution in [3.05, 3.63) is 36.4 Å². The van der Waals surface area contributed by atoms with Crippen LogP contribution in [-0.2, 0) is 4.79 Å². The standard InChI is InChI=1S/C19H23N3O2/c23-18-6-3-11-22(18)17-9-7-16(8-10-17)20-19(24)21-12-14-4-1-2-5-15(14)13-21/h1-2,7-10,14-15H,3-6,11-13H2,(H,20,24)/t14-,15-/m0/s1. The van der Waals surface area contributed by atoms with Gasteiger partial charge in [0.1, 0.15) is 0 Å². The third-order valence-corrected chi connectivity index (χ3v) is 5.41. The van der Waals surface area contributed by atoms with Crippen molar-refractivity contribution in [2.75, 3.05) is 29.9 Å². The van der Waals surface area contributed by atoms with Gasteiger partial charge in [-0.15, -0.1) is 0 Å². The van der Waals surface area contributed by atoms with Gasteiger partial charge in [0.2, 0.25) is 5.91 Å². The van der Waals surface area contributed by atoms with Crippen LogP contribution >= 0.6 is 0 Å². The number of benzene rings is 1. The third kappa shape index (κ3) is 2.90. The number of fused-ring (bicyclic) bond motifs is 1. The van der Waals surface area contributed by atoms with E-state index in [2.05, 4.69) is 17.5 Å². The smallest absolute Gasteiger partial charge is 0.321 e. The van der Waals surface area contributed by atoms with Crippen LogP contribution < -0.4 is 10.2 Å². The molecule has 3 amide bonds. The number of amides is 3. The van der Waals surface area contributed by atoms with Gasteiger partial charge in [-0.05, 0) is 55.4 Å². The normalized spacial score (nSPS) is 25.9. The average Bonchev–Trinajstić information content (AvgIpc) is 3.21. The Morgan fingerprint density at radius 1 is 1.04 bits per heavy atom. The van der Waals surface area contributed by atoms with Crippen LogP contribution in [0.2, 0.25) is 0 Å². The van der Waals surface area contributed by atoms with E-state index in [-0.39, 0.29) is 11.9 Å². The Labute approximate surface area is 142 Å². The number of likely N-dealkylation sites (tertiary alicyclic amines) is 1. The number of carbonyl (C=O) groups is 2. The Kier molecular flexibility index (Phi) is 4.00. The maximum absolute atomic E-state index is 12.5. The summed E-state index contributed by atoms with van der Waals surface area (Å²) in [4.78, 5) is 28.0. The van der Waals surface area contributed by atoms with Crippen LogP contribution in [0.15, 0.2) is 36.4 Å². The van der Waals surface area contributed by atoms with Gasteiger partial charge in [-0.1, -0.05) is 12.2 Å². The number of hydrogen-bond acceptors (Lipinski definition) is 2. The maximum Gasteiger partial charge on any atom is 0.321 e. The molecule has 2 saturated heterocycles. The second kappa shape index (κ2) is 6.30. The molecule has 0 bridgehead atoms. The molecule has 1 aromatic rings. The molecule has 5 heteroatoms. The summed E-state index contributed by atoms with van der Waals surface area (Å²) in [6, 6.07) is 7.56. The number of nitrogens with one attached hydrogen (secondary N) is 1. The highest BCUT2D eigenvalue weighted by Gasteiger charge is 2.35. The maximum atomic E-state index is 12.5. The lowest BCUT2D eigenvalue weighted by atomic mass is 9.86. The van der Waals surface area contributed by atoms with Crippen molar-refractivity contribution >= 4 is 23.3 Å². The van der Waals surface area contributed by atoms with Gasteiger partial charge < -0.3 is 15.1 Å². The van der Waals surface area contributed by atoms with E-state index >= 15 is 0 Å². The van der Waals surface area contributed by atoms with Crippen LogP contribution in [-0.4, -0.2) is 36.5 Å². The van der Waals surface area contributed by atoms with Crippen molar-refractivity contribution in [1.29, 1.82) is 0 Å². The predicted octanol–water partition coefficient (Wildman–Crippen LogP) is 3.24. The molecule has 0 radical (unpaired) electrons. The van der Waals surface area contributed by atoms with E-state index in [0.29, 0.717) is 18.3 Å². The fraction of sp³-hybridized carbons (Fsp3) is 0.474. The number of urea groups is 1. The molecular weight excluding hydrogens is 302 g/mol. The summed E-state index contributed by atoms with van der Waals surface area (Å²) in [7, 11) is 0. The Bertz CT molecular complexity index is 652. The van der Waals surface area contributed by atoms with Crippen molar-refractivity contribution < 1.29 is 9.59 Å². The summed E-state index contributed by atoms with van der Waals surface area (Å²) in [6.45, 7) is 2.48. The van der Waals surface area contributed by atoms with E-state index in [1.807, 2.05) is 34.1 Å². The summed E-state index contributed by atoms with van der Waals surface area (Å²) >= 11 is 0. The number of nitrogens with zero attached hydrogens (tertiary/aromatic N) is 2. The fourth-order valence-corrected chi connectivity index (χ4v) is 4.03. The molecule has 1 N–H and O–H groups in total. The largest absolute Gasteiger partial charge is 0.324 e. The van der Waals surface area contributed by atoms with E-state index in [9.17, 15) is 9.59 Å². The molecular formula is C19H23N3O2. The van der Waals surface area contributed by atoms with Crippen LogP contribution in [0.5, 0.6) is 0 Å². The first kappa shape index (κ1) is 15.2. The first-order valence-corrected chi connectivity index (χ1v) is 8.82. The molecule has 0 saturated carbocycles. The van der Waals surface area contributed by atoms with Crippen LogP contribution in [0.25, 0.3) is 0 Å². The van der Waals surface area contributed by atoms with E-state index in [1.165, 1.54) is 0 Å². The zero-order valence-electron chi connectivity index (χ0n) is 13.8. The number of hydrogen-bond donors (Lipinski definition) is 1. The minimum absolute atomic E-state index is 0.0191. The molecule has 0 aromatic heterocycles. The summed E-state index contributed by atoms with van der Waals surface area (Å²) in [6.07, 6.45) is 8.20. The molecule has 3 aliphatic rings. The first-order chi connectivity index (χ1) is 11.7. The second-order valence-corrected chi connectivity index (χ2v) is 6.99. The molecule has 0 spiro atoms. The number of rotatable bonds is 2. The third-order valence-electron chi connectivity index (χ3n) is 5.41. The summed E-state index contributed by atoms with van der Waals surface area (Å²) in [5.74, 6) is 1.41. The lowest BCUT2D eigenvalue weighted by Gasteiger charge is -2.18. The minimum atomic E-state index is -0.0191. The topological polar surface area (TPSA) is 52.7 Å². The number of allylic oxidation sites excluding steroid dienone is 2. The summed E-state index contributed by atoms with van der Waals surface area (Å²) in [5, 5.41) is 2.99. The Morgan fingerprint density at radius 2 is 1.71 bits per heavy atom. The fourth-order valence-electron chi connectivity index (χ4n) is 4.03. The highest BCUT2D eigenvalue weighted by Crippen LogP contribution is 2.33. The van der Waals surface area contributed by atoms with Gasteiger partial charge in [-0.2, -0.15) is 0 Å². The number of carbonyl (C=O) groups excluding carboxylic acids is 2. The van der Waals surface area contributed by atoms with Crippen LogP contribution in [0, 0.1) is 11.8 Å². The Balaban J connectivity index is 1.37. The van der Waals surface area contributed by atoms with Gasteiger partial charge in [-0.25, -0.2) is 4.79 Å². The van der Waals surface area contributed by atoms with Crippen LogP contribution in [0.1, 0.15) is 25.7 Å². The predicted molar refractivity (Wildman–Crippen MR) is 94.0 cm³/mol. The van der Waals surface area contributed by atoms with Gasteiger partial charge in [-0.3, -0.25) is 4.79 Å². The first-order valence-electron chi connectivity index (χ1n) is 8.82. The zero-order chi connectivity index (χ0) is 16.5. The molecule has 1 aliphatic carbocycles. The summed E-state index contributed by atoms with van der Waals surface area (Å²) < 4.78 is 0. The monoisotopic (exact) mass is 325 g/mol. The quantitative estimate of drug-likeness (QED) is 0.849. The molecule has 126 valence electrons. The van der Waals surface area contributed by atoms with E-state index in [0.717, 1.165) is 50.3 Å². The van der Waals surface area contributed by atoms with Crippen molar-refractivity contribution in [2.45, 2.75) is 25.7 Å². The highest BCUT2D eigenvalue weighted by molar-refractivity contribution is 5.96. The van der Waals surface area contributed by atoms with Gasteiger partial charge in [0.25, 0.3) is 0 Å². The van der Waals surface area contributed by atoms with Gasteiger partial charge in [0.15, 0.2) is 0 Å². The lowest BCUT2D eigenvalue weighted by Crippen LogP contribution is -2.33. The van der Waals surface area contributed by atoms with Gasteiger partial charge >= 0.3 is 6.03 Å². The summed E-state index contributed by atoms with van der Waals surface area (Å²) in [5.41, 5.74) is 1.69. The van der Waals surface area contributed by atoms with E-state index in [1.54, 1.807) is 0 Å². The molecule has 24 heavy (non-hydrogen) atoms. The van der Waals surface area contributed by atoms with Crippen molar-refractivity contribution in [3.63, 3.8) is 0 Å². The van der Waals surface area contributed by atoms with E-state index < -0.39 is 0 Å². The Morgan fingerprint density at radius 3 is 2.29 bits per heavy atom.